The average Bonchev–Trinajstić information content (AvgIpc) is 3.75. The van der Waals surface area contributed by atoms with Gasteiger partial charge in [0.15, 0.2) is 0 Å². The molecule has 0 aliphatic carbocycles. The van der Waals surface area contributed by atoms with Crippen LogP contribution in [-0.2, 0) is 20.7 Å². The number of halogens is 1. The zero-order chi connectivity index (χ0) is 40.9. The van der Waals surface area contributed by atoms with Crippen molar-refractivity contribution in [3.63, 3.8) is 0 Å². The van der Waals surface area contributed by atoms with E-state index in [1.807, 2.05) is 76.4 Å². The molecule has 56 heavy (non-hydrogen) atoms. The van der Waals surface area contributed by atoms with Crippen LogP contribution in [0.3, 0.4) is 0 Å². The average molecular weight is 771 g/mol. The van der Waals surface area contributed by atoms with Gasteiger partial charge in [-0.3, -0.25) is 19.3 Å². The van der Waals surface area contributed by atoms with E-state index in [0.717, 1.165) is 11.1 Å². The first kappa shape index (κ1) is 41.7. The maximum atomic E-state index is 14.8. The van der Waals surface area contributed by atoms with Gasteiger partial charge in [0.25, 0.3) is 5.91 Å². The second-order valence-electron chi connectivity index (χ2n) is 16.7. The highest BCUT2D eigenvalue weighted by Crippen LogP contribution is 2.29. The molecule has 4 amide bonds. The molecule has 4 atom stereocenters. The van der Waals surface area contributed by atoms with E-state index in [9.17, 15) is 23.6 Å². The van der Waals surface area contributed by atoms with E-state index in [1.165, 1.54) is 24.1 Å². The van der Waals surface area contributed by atoms with Gasteiger partial charge in [-0.25, -0.2) is 14.2 Å². The highest BCUT2D eigenvalue weighted by Gasteiger charge is 2.45. The predicted octanol–water partition coefficient (Wildman–Crippen LogP) is 6.30. The Balaban J connectivity index is 1.44. The Morgan fingerprint density at radius 3 is 2.29 bits per heavy atom. The molecule has 300 valence electrons. The van der Waals surface area contributed by atoms with Crippen molar-refractivity contribution in [3.8, 4) is 5.75 Å². The number of hydrogen-bond acceptors (Lipinski definition) is 7. The quantitative estimate of drug-likeness (QED) is 0.179. The maximum Gasteiger partial charge on any atom is 0.410 e. The highest BCUT2D eigenvalue weighted by molar-refractivity contribution is 5.93. The number of likely N-dealkylation sites (N-methyl/N-ethyl adjacent to an activating group) is 1. The number of carbonyl (C=O) groups is 4. The Morgan fingerprint density at radius 1 is 0.982 bits per heavy atom. The van der Waals surface area contributed by atoms with Gasteiger partial charge in [-0.2, -0.15) is 0 Å². The number of likely N-dealkylation sites (tertiary alicyclic amines) is 1. The van der Waals surface area contributed by atoms with Gasteiger partial charge in [0.05, 0.1) is 12.6 Å². The van der Waals surface area contributed by atoms with Crippen LogP contribution >= 0.6 is 0 Å². The Morgan fingerprint density at radius 2 is 1.66 bits per heavy atom. The number of amides is 4. The van der Waals surface area contributed by atoms with Gasteiger partial charge >= 0.3 is 6.09 Å². The second kappa shape index (κ2) is 17.1. The number of fused-ring (bicyclic) bond motifs is 1. The van der Waals surface area contributed by atoms with Gasteiger partial charge in [-0.05, 0) is 88.4 Å². The monoisotopic (exact) mass is 770 g/mol. The summed E-state index contributed by atoms with van der Waals surface area (Å²) in [4.78, 5) is 64.9. The lowest BCUT2D eigenvalue weighted by Gasteiger charge is -2.38. The highest BCUT2D eigenvalue weighted by atomic mass is 19.1. The Labute approximate surface area is 329 Å². The minimum Gasteiger partial charge on any atom is -0.489 e. The van der Waals surface area contributed by atoms with Crippen molar-refractivity contribution >= 4 is 29.5 Å². The van der Waals surface area contributed by atoms with Crippen LogP contribution in [0, 0.1) is 18.2 Å². The third-order valence-corrected chi connectivity index (χ3v) is 9.91. The molecule has 1 aliphatic heterocycles. The molecule has 0 bridgehead atoms. The Kier molecular flexibility index (Phi) is 12.8. The number of carbonyl (C=O) groups excluding carboxylic acids is 4. The first-order valence-electron chi connectivity index (χ1n) is 19.1. The summed E-state index contributed by atoms with van der Waals surface area (Å²) in [6, 6.07) is 16.9. The maximum absolute atomic E-state index is 14.8. The normalized spacial score (nSPS) is 16.9. The first-order valence-corrected chi connectivity index (χ1v) is 19.1. The number of pyridine rings is 1. The fraction of sp³-hybridized carbons (Fsp3) is 0.465. The molecular weight excluding hydrogens is 716 g/mol. The van der Waals surface area contributed by atoms with Crippen LogP contribution in [-0.4, -0.2) is 104 Å². The van der Waals surface area contributed by atoms with Crippen LogP contribution in [0.1, 0.15) is 76.5 Å². The number of nitrogens with one attached hydrogen (secondary N) is 1. The molecule has 1 fully saturated rings. The molecule has 0 unspecified atom stereocenters. The SMILES string of the molecule is Cc1ccc(O[C@H]2C[C@@H](CN(CCc3ccc(F)cc3)C(=O)c3cn4ccccc4n3)N(C(=O)[C@@H](NC(=O)[C@H](C)N(C)C(=O)OC(C)(C)C)C(C)(C)C)C2)cc1. The number of hydrogen-bond donors (Lipinski definition) is 1. The largest absolute Gasteiger partial charge is 0.489 e. The molecule has 1 N–H and O–H groups in total. The van der Waals surface area contributed by atoms with E-state index in [2.05, 4.69) is 10.3 Å². The number of rotatable bonds is 12. The van der Waals surface area contributed by atoms with Gasteiger partial charge in [0.1, 0.15) is 46.7 Å². The number of nitrogens with zero attached hydrogens (tertiary/aromatic N) is 5. The van der Waals surface area contributed by atoms with Crippen molar-refractivity contribution in [1.82, 2.24) is 29.4 Å². The summed E-state index contributed by atoms with van der Waals surface area (Å²) in [5, 5.41) is 2.95. The van der Waals surface area contributed by atoms with E-state index in [1.54, 1.807) is 60.2 Å². The minimum atomic E-state index is -0.994. The third-order valence-electron chi connectivity index (χ3n) is 9.91. The van der Waals surface area contributed by atoms with Crippen molar-refractivity contribution in [1.29, 1.82) is 0 Å². The lowest BCUT2D eigenvalue weighted by atomic mass is 9.85. The summed E-state index contributed by atoms with van der Waals surface area (Å²) in [7, 11) is 1.48. The molecule has 1 saturated heterocycles. The number of imidazole rings is 1. The molecule has 0 saturated carbocycles. The van der Waals surface area contributed by atoms with Gasteiger partial charge in [0.2, 0.25) is 11.8 Å². The molecule has 0 spiro atoms. The lowest BCUT2D eigenvalue weighted by Crippen LogP contribution is -2.60. The van der Waals surface area contributed by atoms with E-state index in [0.29, 0.717) is 24.2 Å². The van der Waals surface area contributed by atoms with Crippen molar-refractivity contribution in [2.75, 3.05) is 26.7 Å². The molecule has 3 heterocycles. The summed E-state index contributed by atoms with van der Waals surface area (Å²) in [5.74, 6) is -0.861. The van der Waals surface area contributed by atoms with Crippen molar-refractivity contribution in [2.24, 2.45) is 5.41 Å². The fourth-order valence-electron chi connectivity index (χ4n) is 6.60. The third kappa shape index (κ3) is 10.6. The van der Waals surface area contributed by atoms with Crippen molar-refractivity contribution < 1.29 is 33.0 Å². The van der Waals surface area contributed by atoms with Crippen LogP contribution in [0.15, 0.2) is 79.1 Å². The molecule has 4 aromatic rings. The molecule has 2 aromatic heterocycles. The molecule has 1 aliphatic rings. The van der Waals surface area contributed by atoms with Gasteiger partial charge < -0.3 is 29.0 Å². The van der Waals surface area contributed by atoms with E-state index >= 15 is 0 Å². The molecule has 2 aromatic carbocycles. The van der Waals surface area contributed by atoms with Crippen molar-refractivity contribution in [3.05, 3.63) is 102 Å². The summed E-state index contributed by atoms with van der Waals surface area (Å²) in [5.41, 5.74) is 1.30. The van der Waals surface area contributed by atoms with Crippen LogP contribution in [0.25, 0.3) is 5.65 Å². The lowest BCUT2D eigenvalue weighted by molar-refractivity contribution is -0.141. The fourth-order valence-corrected chi connectivity index (χ4v) is 6.60. The smallest absolute Gasteiger partial charge is 0.410 e. The van der Waals surface area contributed by atoms with Crippen LogP contribution in [0.4, 0.5) is 9.18 Å². The minimum absolute atomic E-state index is 0.149. The predicted molar refractivity (Wildman–Crippen MR) is 212 cm³/mol. The number of benzene rings is 2. The summed E-state index contributed by atoms with van der Waals surface area (Å²) in [6.45, 7) is 15.0. The van der Waals surface area contributed by atoms with Gasteiger partial charge in [-0.15, -0.1) is 0 Å². The summed E-state index contributed by atoms with van der Waals surface area (Å²) in [6.07, 6.45) is 3.28. The van der Waals surface area contributed by atoms with Gasteiger partial charge in [-0.1, -0.05) is 56.7 Å². The topological polar surface area (TPSA) is 126 Å². The number of aryl methyl sites for hydroxylation is 1. The molecular formula is C43H55FN6O6. The van der Waals surface area contributed by atoms with E-state index < -0.39 is 47.2 Å². The summed E-state index contributed by atoms with van der Waals surface area (Å²) >= 11 is 0. The van der Waals surface area contributed by atoms with Crippen molar-refractivity contribution in [2.45, 2.75) is 98.1 Å². The first-order chi connectivity index (χ1) is 26.3. The van der Waals surface area contributed by atoms with Crippen LogP contribution in [0.2, 0.25) is 0 Å². The zero-order valence-electron chi connectivity index (χ0n) is 33.9. The second-order valence-corrected chi connectivity index (χ2v) is 16.7. The standard InChI is InChI=1S/C43H55FN6O6/c1-28-13-19-33(20-14-28)55-34-24-32(50(26-34)40(53)37(42(3,4)5)46-38(51)29(2)47(9)41(54)56-43(6,7)8)25-49(23-21-30-15-17-31(44)18-16-30)39(52)35-27-48-22-11-10-12-36(48)45-35/h10-20,22,27,29,32,34,37H,21,23-26H2,1-9H3,(H,46,51)/t29-,32-,34-,37+/m0/s1. The zero-order valence-corrected chi connectivity index (χ0v) is 33.9. The Hall–Kier alpha value is -5.46. The molecule has 0 radical (unpaired) electrons. The Bertz CT molecular complexity index is 1970. The van der Waals surface area contributed by atoms with Gasteiger partial charge in [0, 0.05) is 39.0 Å². The molecule has 5 rings (SSSR count). The number of aromatic nitrogens is 2. The molecule has 13 heteroatoms. The van der Waals surface area contributed by atoms with E-state index in [4.69, 9.17) is 9.47 Å². The van der Waals surface area contributed by atoms with Crippen LogP contribution in [0.5, 0.6) is 5.75 Å². The summed E-state index contributed by atoms with van der Waals surface area (Å²) < 4.78 is 27.5. The number of ether oxygens (including phenoxy) is 2. The van der Waals surface area contributed by atoms with Crippen LogP contribution < -0.4 is 10.1 Å². The van der Waals surface area contributed by atoms with E-state index in [-0.39, 0.29) is 43.0 Å². The molecule has 12 nitrogen and oxygen atoms in total.